The maximum absolute atomic E-state index is 12.0. The minimum atomic E-state index is -0.380. The molecule has 1 amide bonds. The number of carbonyl (C=O) groups is 1. The van der Waals surface area contributed by atoms with Gasteiger partial charge in [0.2, 0.25) is 5.91 Å². The summed E-state index contributed by atoms with van der Waals surface area (Å²) in [5.41, 5.74) is 0.716. The Kier molecular flexibility index (Phi) is 4.30. The van der Waals surface area contributed by atoms with E-state index in [9.17, 15) is 9.90 Å². The SMILES string of the molecule is O=C(NC1(CO)CCC1)C(S)Cc1ccccc1. The van der Waals surface area contributed by atoms with Gasteiger partial charge >= 0.3 is 0 Å². The number of hydrogen-bond acceptors (Lipinski definition) is 3. The van der Waals surface area contributed by atoms with Crippen molar-refractivity contribution in [2.45, 2.75) is 36.5 Å². The number of aliphatic hydroxyl groups excluding tert-OH is 1. The van der Waals surface area contributed by atoms with Gasteiger partial charge < -0.3 is 10.4 Å². The fraction of sp³-hybridized carbons (Fsp3) is 0.500. The van der Waals surface area contributed by atoms with Crippen LogP contribution in [-0.2, 0) is 11.2 Å². The Balaban J connectivity index is 1.89. The van der Waals surface area contributed by atoms with Gasteiger partial charge in [0.15, 0.2) is 0 Å². The number of thiol groups is 1. The number of carbonyl (C=O) groups excluding carboxylic acids is 1. The fourth-order valence-electron chi connectivity index (χ4n) is 2.20. The molecule has 0 spiro atoms. The summed E-state index contributed by atoms with van der Waals surface area (Å²) in [7, 11) is 0. The van der Waals surface area contributed by atoms with Gasteiger partial charge in [-0.15, -0.1) is 0 Å². The predicted octanol–water partition coefficient (Wildman–Crippen LogP) is 1.56. The monoisotopic (exact) mass is 265 g/mol. The van der Waals surface area contributed by atoms with Gasteiger partial charge in [0.25, 0.3) is 0 Å². The smallest absolute Gasteiger partial charge is 0.233 e. The van der Waals surface area contributed by atoms with Crippen LogP contribution in [-0.4, -0.2) is 28.4 Å². The van der Waals surface area contributed by atoms with Gasteiger partial charge in [0.1, 0.15) is 0 Å². The van der Waals surface area contributed by atoms with Crippen molar-refractivity contribution in [1.82, 2.24) is 5.32 Å². The van der Waals surface area contributed by atoms with Crippen molar-refractivity contribution in [3.8, 4) is 0 Å². The highest BCUT2D eigenvalue weighted by molar-refractivity contribution is 7.81. The lowest BCUT2D eigenvalue weighted by molar-refractivity contribution is -0.124. The maximum atomic E-state index is 12.0. The molecule has 4 heteroatoms. The molecule has 1 aliphatic carbocycles. The maximum Gasteiger partial charge on any atom is 0.233 e. The van der Waals surface area contributed by atoms with Gasteiger partial charge in [-0.25, -0.2) is 0 Å². The van der Waals surface area contributed by atoms with Gasteiger partial charge in [-0.1, -0.05) is 30.3 Å². The lowest BCUT2D eigenvalue weighted by Gasteiger charge is -2.41. The molecule has 1 atom stereocenters. The van der Waals surface area contributed by atoms with Crippen LogP contribution in [0.15, 0.2) is 30.3 Å². The van der Waals surface area contributed by atoms with E-state index >= 15 is 0 Å². The van der Waals surface area contributed by atoms with E-state index in [-0.39, 0.29) is 23.3 Å². The Morgan fingerprint density at radius 2 is 2.06 bits per heavy atom. The van der Waals surface area contributed by atoms with Crippen molar-refractivity contribution < 1.29 is 9.90 Å². The molecule has 3 nitrogen and oxygen atoms in total. The molecule has 98 valence electrons. The topological polar surface area (TPSA) is 49.3 Å². The molecule has 0 heterocycles. The third kappa shape index (κ3) is 3.06. The highest BCUT2D eigenvalue weighted by Gasteiger charge is 2.38. The van der Waals surface area contributed by atoms with Crippen molar-refractivity contribution in [3.05, 3.63) is 35.9 Å². The van der Waals surface area contributed by atoms with Gasteiger partial charge in [-0.3, -0.25) is 4.79 Å². The van der Waals surface area contributed by atoms with E-state index in [2.05, 4.69) is 17.9 Å². The third-order valence-corrected chi connectivity index (χ3v) is 3.99. The van der Waals surface area contributed by atoms with E-state index in [1.807, 2.05) is 30.3 Å². The van der Waals surface area contributed by atoms with Crippen LogP contribution in [0.5, 0.6) is 0 Å². The van der Waals surface area contributed by atoms with Crippen molar-refractivity contribution in [2.24, 2.45) is 0 Å². The largest absolute Gasteiger partial charge is 0.394 e. The first kappa shape index (κ1) is 13.4. The number of amides is 1. The molecule has 1 aliphatic rings. The minimum absolute atomic E-state index is 0.0184. The summed E-state index contributed by atoms with van der Waals surface area (Å²) in [5.74, 6) is -0.0871. The molecule has 0 saturated heterocycles. The molecular weight excluding hydrogens is 246 g/mol. The molecule has 1 aromatic rings. The average Bonchev–Trinajstić information content (AvgIpc) is 2.34. The molecule has 1 unspecified atom stereocenters. The highest BCUT2D eigenvalue weighted by Crippen LogP contribution is 2.31. The lowest BCUT2D eigenvalue weighted by atomic mass is 9.77. The van der Waals surface area contributed by atoms with Crippen molar-refractivity contribution in [3.63, 3.8) is 0 Å². The molecule has 0 aliphatic heterocycles. The molecule has 1 fully saturated rings. The van der Waals surface area contributed by atoms with Crippen molar-refractivity contribution >= 4 is 18.5 Å². The van der Waals surface area contributed by atoms with Crippen molar-refractivity contribution in [2.75, 3.05) is 6.61 Å². The Labute approximate surface area is 113 Å². The Bertz CT molecular complexity index is 398. The number of benzene rings is 1. The van der Waals surface area contributed by atoms with Gasteiger partial charge in [0, 0.05) is 0 Å². The first-order chi connectivity index (χ1) is 8.65. The summed E-state index contributed by atoms with van der Waals surface area (Å²) in [6.07, 6.45) is 3.40. The molecule has 1 aromatic carbocycles. The summed E-state index contributed by atoms with van der Waals surface area (Å²) in [5, 5.41) is 11.9. The van der Waals surface area contributed by atoms with Crippen LogP contribution in [0.25, 0.3) is 0 Å². The molecule has 0 aromatic heterocycles. The number of aliphatic hydroxyl groups is 1. The van der Waals surface area contributed by atoms with Crippen LogP contribution in [0.2, 0.25) is 0 Å². The van der Waals surface area contributed by atoms with Crippen LogP contribution >= 0.6 is 12.6 Å². The lowest BCUT2D eigenvalue weighted by Crippen LogP contribution is -2.57. The second kappa shape index (κ2) is 5.76. The zero-order valence-electron chi connectivity index (χ0n) is 10.3. The van der Waals surface area contributed by atoms with E-state index in [1.165, 1.54) is 0 Å². The van der Waals surface area contributed by atoms with E-state index < -0.39 is 0 Å². The minimum Gasteiger partial charge on any atom is -0.394 e. The Hall–Kier alpha value is -1.00. The van der Waals surface area contributed by atoms with Crippen LogP contribution in [0.1, 0.15) is 24.8 Å². The summed E-state index contributed by atoms with van der Waals surface area (Å²) >= 11 is 4.36. The summed E-state index contributed by atoms with van der Waals surface area (Å²) in [6.45, 7) is 0.0184. The second-order valence-electron chi connectivity index (χ2n) is 4.99. The first-order valence-corrected chi connectivity index (χ1v) is 6.82. The standard InChI is InChI=1S/C14H19NO2S/c16-10-14(7-4-8-14)15-13(17)12(18)9-11-5-2-1-3-6-11/h1-3,5-6,12,16,18H,4,7-10H2,(H,15,17). The number of rotatable bonds is 5. The van der Waals surface area contributed by atoms with Gasteiger partial charge in [-0.05, 0) is 31.2 Å². The van der Waals surface area contributed by atoms with Gasteiger partial charge in [-0.2, -0.15) is 12.6 Å². The molecular formula is C14H19NO2S. The fourth-order valence-corrected chi connectivity index (χ4v) is 2.48. The number of hydrogen-bond donors (Lipinski definition) is 3. The predicted molar refractivity (Wildman–Crippen MR) is 74.7 cm³/mol. The molecule has 2 N–H and O–H groups in total. The third-order valence-electron chi connectivity index (χ3n) is 3.58. The Morgan fingerprint density at radius 1 is 1.39 bits per heavy atom. The summed E-state index contributed by atoms with van der Waals surface area (Å²) in [4.78, 5) is 12.0. The van der Waals surface area contributed by atoms with Crippen molar-refractivity contribution in [1.29, 1.82) is 0 Å². The van der Waals surface area contributed by atoms with Crippen LogP contribution in [0, 0.1) is 0 Å². The Morgan fingerprint density at radius 3 is 2.56 bits per heavy atom. The molecule has 2 rings (SSSR count). The van der Waals surface area contributed by atoms with Crippen LogP contribution < -0.4 is 5.32 Å². The van der Waals surface area contributed by atoms with E-state index in [1.54, 1.807) is 0 Å². The second-order valence-corrected chi connectivity index (χ2v) is 5.61. The molecule has 1 saturated carbocycles. The zero-order chi connectivity index (χ0) is 13.0. The quantitative estimate of drug-likeness (QED) is 0.708. The molecule has 18 heavy (non-hydrogen) atoms. The van der Waals surface area contributed by atoms with Crippen LogP contribution in [0.3, 0.4) is 0 Å². The van der Waals surface area contributed by atoms with Crippen LogP contribution in [0.4, 0.5) is 0 Å². The highest BCUT2D eigenvalue weighted by atomic mass is 32.1. The van der Waals surface area contributed by atoms with E-state index in [0.717, 1.165) is 24.8 Å². The molecule has 0 bridgehead atoms. The number of nitrogens with one attached hydrogen (secondary N) is 1. The summed E-state index contributed by atoms with van der Waals surface area (Å²) in [6, 6.07) is 9.83. The zero-order valence-corrected chi connectivity index (χ0v) is 11.2. The first-order valence-electron chi connectivity index (χ1n) is 6.30. The van der Waals surface area contributed by atoms with E-state index in [4.69, 9.17) is 0 Å². The normalized spacial score (nSPS) is 18.8. The van der Waals surface area contributed by atoms with E-state index in [0.29, 0.717) is 6.42 Å². The van der Waals surface area contributed by atoms with Gasteiger partial charge in [0.05, 0.1) is 17.4 Å². The average molecular weight is 265 g/mol. The summed E-state index contributed by atoms with van der Waals surface area (Å²) < 4.78 is 0. The molecule has 0 radical (unpaired) electrons.